The van der Waals surface area contributed by atoms with E-state index in [1.165, 1.54) is 11.5 Å². The molecule has 0 atom stereocenters. The quantitative estimate of drug-likeness (QED) is 0.891. The third-order valence-electron chi connectivity index (χ3n) is 2.74. The summed E-state index contributed by atoms with van der Waals surface area (Å²) in [4.78, 5) is 6.75. The monoisotopic (exact) mass is 263 g/mol. The lowest BCUT2D eigenvalue weighted by Crippen LogP contribution is -2.23. The smallest absolute Gasteiger partial charge is 0.132 e. The van der Waals surface area contributed by atoms with Gasteiger partial charge in [-0.05, 0) is 25.6 Å². The molecule has 0 saturated carbocycles. The summed E-state index contributed by atoms with van der Waals surface area (Å²) in [5.74, 6) is 0. The molecule has 0 saturated heterocycles. The predicted molar refractivity (Wildman–Crippen MR) is 73.1 cm³/mol. The van der Waals surface area contributed by atoms with Gasteiger partial charge in [0.15, 0.2) is 0 Å². The van der Waals surface area contributed by atoms with Gasteiger partial charge in [-0.15, -0.1) is 5.10 Å². The standard InChI is InChI=1S/C12H17N5S/c1-3-17(8-11-12(13)18-16-15-11)7-10-6-4-5-9(2)14-10/h4-6H,3,7-8,13H2,1-2H3. The van der Waals surface area contributed by atoms with E-state index < -0.39 is 0 Å². The summed E-state index contributed by atoms with van der Waals surface area (Å²) < 4.78 is 3.85. The molecule has 0 aliphatic rings. The van der Waals surface area contributed by atoms with Crippen LogP contribution in [0.3, 0.4) is 0 Å². The van der Waals surface area contributed by atoms with Crippen LogP contribution in [0.15, 0.2) is 18.2 Å². The van der Waals surface area contributed by atoms with E-state index in [0.717, 1.165) is 30.2 Å². The van der Waals surface area contributed by atoms with Crippen molar-refractivity contribution in [3.05, 3.63) is 35.3 Å². The van der Waals surface area contributed by atoms with Gasteiger partial charge in [-0.2, -0.15) is 0 Å². The molecular formula is C12H17N5S. The first-order valence-corrected chi connectivity index (χ1v) is 6.68. The highest BCUT2D eigenvalue weighted by Gasteiger charge is 2.11. The second kappa shape index (κ2) is 5.88. The lowest BCUT2D eigenvalue weighted by Gasteiger charge is -2.18. The lowest BCUT2D eigenvalue weighted by molar-refractivity contribution is 0.265. The summed E-state index contributed by atoms with van der Waals surface area (Å²) in [5.41, 5.74) is 8.78. The lowest BCUT2D eigenvalue weighted by atomic mass is 10.3. The number of hydrogen-bond acceptors (Lipinski definition) is 6. The van der Waals surface area contributed by atoms with Crippen molar-refractivity contribution < 1.29 is 0 Å². The molecule has 6 heteroatoms. The largest absolute Gasteiger partial charge is 0.388 e. The Labute approximate surface area is 111 Å². The number of nitrogens with zero attached hydrogens (tertiary/aromatic N) is 4. The molecule has 2 heterocycles. The van der Waals surface area contributed by atoms with Crippen molar-refractivity contribution in [2.45, 2.75) is 26.9 Å². The summed E-state index contributed by atoms with van der Waals surface area (Å²) >= 11 is 1.24. The predicted octanol–water partition coefficient (Wildman–Crippen LogP) is 1.85. The molecular weight excluding hydrogens is 246 g/mol. The highest BCUT2D eigenvalue weighted by molar-refractivity contribution is 7.09. The van der Waals surface area contributed by atoms with Gasteiger partial charge in [-0.25, -0.2) is 0 Å². The Hall–Kier alpha value is -1.53. The molecule has 2 aromatic rings. The van der Waals surface area contributed by atoms with Crippen molar-refractivity contribution >= 4 is 16.5 Å². The molecule has 2 rings (SSSR count). The van der Waals surface area contributed by atoms with Crippen LogP contribution >= 0.6 is 11.5 Å². The fraction of sp³-hybridized carbons (Fsp3) is 0.417. The Morgan fingerprint density at radius 1 is 1.33 bits per heavy atom. The van der Waals surface area contributed by atoms with E-state index in [0.29, 0.717) is 11.5 Å². The summed E-state index contributed by atoms with van der Waals surface area (Å²) in [7, 11) is 0. The number of rotatable bonds is 5. The summed E-state index contributed by atoms with van der Waals surface area (Å²) in [5, 5.41) is 4.74. The van der Waals surface area contributed by atoms with Crippen LogP contribution in [0.1, 0.15) is 24.0 Å². The van der Waals surface area contributed by atoms with Crippen LogP contribution in [-0.4, -0.2) is 26.0 Å². The SMILES string of the molecule is CCN(Cc1cccc(C)n1)Cc1nnsc1N. The topological polar surface area (TPSA) is 67.9 Å². The molecule has 2 N–H and O–H groups in total. The Morgan fingerprint density at radius 3 is 2.78 bits per heavy atom. The van der Waals surface area contributed by atoms with Crippen LogP contribution in [0.4, 0.5) is 5.00 Å². The van der Waals surface area contributed by atoms with Crippen molar-refractivity contribution in [1.29, 1.82) is 0 Å². The molecule has 0 aliphatic carbocycles. The number of nitrogen functional groups attached to an aromatic ring is 1. The molecule has 0 spiro atoms. The van der Waals surface area contributed by atoms with Crippen LogP contribution in [0.2, 0.25) is 0 Å². The van der Waals surface area contributed by atoms with E-state index in [4.69, 9.17) is 5.73 Å². The fourth-order valence-electron chi connectivity index (χ4n) is 1.73. The van der Waals surface area contributed by atoms with Crippen molar-refractivity contribution in [3.63, 3.8) is 0 Å². The third-order valence-corrected chi connectivity index (χ3v) is 3.33. The van der Waals surface area contributed by atoms with Gasteiger partial charge in [0.05, 0.1) is 5.69 Å². The van der Waals surface area contributed by atoms with Crippen molar-refractivity contribution in [2.24, 2.45) is 0 Å². The minimum atomic E-state index is 0.700. The van der Waals surface area contributed by atoms with E-state index in [1.807, 2.05) is 25.1 Å². The zero-order valence-corrected chi connectivity index (χ0v) is 11.4. The van der Waals surface area contributed by atoms with Gasteiger partial charge in [0.2, 0.25) is 0 Å². The van der Waals surface area contributed by atoms with Crippen LogP contribution in [0, 0.1) is 6.92 Å². The van der Waals surface area contributed by atoms with Crippen molar-refractivity contribution in [3.8, 4) is 0 Å². The number of aromatic nitrogens is 3. The van der Waals surface area contributed by atoms with Crippen LogP contribution < -0.4 is 5.73 Å². The minimum absolute atomic E-state index is 0.700. The molecule has 0 fully saturated rings. The van der Waals surface area contributed by atoms with E-state index >= 15 is 0 Å². The number of anilines is 1. The molecule has 2 aromatic heterocycles. The highest BCUT2D eigenvalue weighted by Crippen LogP contribution is 2.15. The van der Waals surface area contributed by atoms with Crippen LogP contribution in [0.25, 0.3) is 0 Å². The molecule has 5 nitrogen and oxygen atoms in total. The average molecular weight is 263 g/mol. The minimum Gasteiger partial charge on any atom is -0.388 e. The van der Waals surface area contributed by atoms with Gasteiger partial charge >= 0.3 is 0 Å². The molecule has 0 radical (unpaired) electrons. The Bertz CT molecular complexity index is 511. The molecule has 18 heavy (non-hydrogen) atoms. The molecule has 0 aromatic carbocycles. The van der Waals surface area contributed by atoms with Gasteiger partial charge in [-0.3, -0.25) is 9.88 Å². The number of aryl methyl sites for hydroxylation is 1. The van der Waals surface area contributed by atoms with Gasteiger partial charge < -0.3 is 5.73 Å². The number of nitrogens with two attached hydrogens (primary N) is 1. The average Bonchev–Trinajstić information content (AvgIpc) is 2.74. The summed E-state index contributed by atoms with van der Waals surface area (Å²) in [6, 6.07) is 6.07. The zero-order valence-electron chi connectivity index (χ0n) is 10.6. The number of hydrogen-bond donors (Lipinski definition) is 1. The Kier molecular flexibility index (Phi) is 4.22. The second-order valence-electron chi connectivity index (χ2n) is 4.16. The van der Waals surface area contributed by atoms with Crippen molar-refractivity contribution in [1.82, 2.24) is 19.5 Å². The first kappa shape index (κ1) is 12.9. The van der Waals surface area contributed by atoms with E-state index in [-0.39, 0.29) is 0 Å². The zero-order chi connectivity index (χ0) is 13.0. The van der Waals surface area contributed by atoms with Crippen LogP contribution in [-0.2, 0) is 13.1 Å². The molecule has 0 bridgehead atoms. The van der Waals surface area contributed by atoms with E-state index in [2.05, 4.69) is 26.4 Å². The maximum atomic E-state index is 5.81. The second-order valence-corrected chi connectivity index (χ2v) is 4.94. The fourth-order valence-corrected chi connectivity index (χ4v) is 2.17. The van der Waals surface area contributed by atoms with E-state index in [1.54, 1.807) is 0 Å². The third kappa shape index (κ3) is 3.24. The molecule has 0 unspecified atom stereocenters. The maximum absolute atomic E-state index is 5.81. The van der Waals surface area contributed by atoms with Crippen LogP contribution in [0.5, 0.6) is 0 Å². The normalized spacial score (nSPS) is 11.1. The number of pyridine rings is 1. The molecule has 0 aliphatic heterocycles. The molecule has 96 valence electrons. The Balaban J connectivity index is 2.04. The van der Waals surface area contributed by atoms with Crippen molar-refractivity contribution in [2.75, 3.05) is 12.3 Å². The van der Waals surface area contributed by atoms with Gasteiger partial charge in [0.25, 0.3) is 0 Å². The molecule has 0 amide bonds. The first-order valence-electron chi connectivity index (χ1n) is 5.90. The van der Waals surface area contributed by atoms with Gasteiger partial charge in [0, 0.05) is 30.3 Å². The van der Waals surface area contributed by atoms with Gasteiger partial charge in [0.1, 0.15) is 10.7 Å². The summed E-state index contributed by atoms with van der Waals surface area (Å²) in [6.07, 6.45) is 0. The maximum Gasteiger partial charge on any atom is 0.132 e. The first-order chi connectivity index (χ1) is 8.69. The highest BCUT2D eigenvalue weighted by atomic mass is 32.1. The Morgan fingerprint density at radius 2 is 2.17 bits per heavy atom. The summed E-state index contributed by atoms with van der Waals surface area (Å²) in [6.45, 7) is 6.56. The van der Waals surface area contributed by atoms with Gasteiger partial charge in [-0.1, -0.05) is 17.5 Å². The van der Waals surface area contributed by atoms with E-state index in [9.17, 15) is 0 Å².